The van der Waals surface area contributed by atoms with Gasteiger partial charge in [0.05, 0.1) is 11.0 Å². The van der Waals surface area contributed by atoms with Gasteiger partial charge in [0.25, 0.3) is 0 Å². The number of carbonyl (C=O) groups is 1. The largest absolute Gasteiger partial charge is 0.481 e. The van der Waals surface area contributed by atoms with Gasteiger partial charge in [-0.05, 0) is 43.0 Å². The Hall–Kier alpha value is -1.84. The Labute approximate surface area is 106 Å². The molecule has 2 aromatic rings. The number of aryl methyl sites for hydroxylation is 2. The van der Waals surface area contributed by atoms with E-state index in [4.69, 9.17) is 0 Å². The first-order valence-corrected chi connectivity index (χ1v) is 6.10. The second kappa shape index (κ2) is 4.44. The van der Waals surface area contributed by atoms with Crippen LogP contribution in [0.25, 0.3) is 11.0 Å². The average molecular weight is 246 g/mol. The topological polar surface area (TPSA) is 66.0 Å². The molecule has 0 bridgehead atoms. The summed E-state index contributed by atoms with van der Waals surface area (Å²) in [5.74, 6) is -0.877. The lowest BCUT2D eigenvalue weighted by atomic mass is 9.95. The van der Waals surface area contributed by atoms with Gasteiger partial charge in [-0.1, -0.05) is 13.8 Å². The van der Waals surface area contributed by atoms with Crippen molar-refractivity contribution in [3.8, 4) is 0 Å². The number of aliphatic carboxylic acids is 1. The van der Waals surface area contributed by atoms with Crippen LogP contribution in [0.1, 0.15) is 36.7 Å². The monoisotopic (exact) mass is 246 g/mol. The molecule has 0 radical (unpaired) electrons. The van der Waals surface area contributed by atoms with Gasteiger partial charge in [0.15, 0.2) is 0 Å². The minimum absolute atomic E-state index is 0.00487. The summed E-state index contributed by atoms with van der Waals surface area (Å²) >= 11 is 0. The molecule has 1 aromatic carbocycles. The molecule has 1 heterocycles. The van der Waals surface area contributed by atoms with Gasteiger partial charge in [0.2, 0.25) is 0 Å². The van der Waals surface area contributed by atoms with Gasteiger partial charge in [0.1, 0.15) is 11.7 Å². The van der Waals surface area contributed by atoms with Crippen LogP contribution in [0.5, 0.6) is 0 Å². The Morgan fingerprint density at radius 2 is 1.89 bits per heavy atom. The molecule has 0 saturated carbocycles. The van der Waals surface area contributed by atoms with Crippen molar-refractivity contribution in [3.05, 3.63) is 29.1 Å². The molecule has 4 nitrogen and oxygen atoms in total. The van der Waals surface area contributed by atoms with Crippen molar-refractivity contribution in [2.75, 3.05) is 0 Å². The molecule has 2 rings (SSSR count). The van der Waals surface area contributed by atoms with Crippen LogP contribution in [0.4, 0.5) is 0 Å². The molecule has 2 N–H and O–H groups in total. The third-order valence-electron chi connectivity index (χ3n) is 3.34. The number of benzene rings is 1. The first kappa shape index (κ1) is 12.6. The highest BCUT2D eigenvalue weighted by Crippen LogP contribution is 2.26. The fourth-order valence-electron chi connectivity index (χ4n) is 2.15. The second-order valence-electron chi connectivity index (χ2n) is 5.14. The predicted molar refractivity (Wildman–Crippen MR) is 70.8 cm³/mol. The van der Waals surface area contributed by atoms with Gasteiger partial charge in [-0.3, -0.25) is 4.79 Å². The third-order valence-corrected chi connectivity index (χ3v) is 3.34. The first-order valence-electron chi connectivity index (χ1n) is 6.10. The SMILES string of the molecule is Cc1cc2nc(C(C(=O)O)C(C)C)[nH]c2cc1C. The molecule has 0 spiro atoms. The lowest BCUT2D eigenvalue weighted by molar-refractivity contribution is -0.140. The average Bonchev–Trinajstić information content (AvgIpc) is 2.59. The smallest absolute Gasteiger partial charge is 0.314 e. The number of carboxylic acids is 1. The van der Waals surface area contributed by atoms with Crippen molar-refractivity contribution in [3.63, 3.8) is 0 Å². The second-order valence-corrected chi connectivity index (χ2v) is 5.14. The normalized spacial score (nSPS) is 13.2. The van der Waals surface area contributed by atoms with Crippen LogP contribution in [0.15, 0.2) is 12.1 Å². The first-order chi connectivity index (χ1) is 8.40. The van der Waals surface area contributed by atoms with E-state index in [2.05, 4.69) is 9.97 Å². The van der Waals surface area contributed by atoms with E-state index >= 15 is 0 Å². The Morgan fingerprint density at radius 3 is 2.44 bits per heavy atom. The minimum atomic E-state index is -0.836. The zero-order valence-electron chi connectivity index (χ0n) is 11.1. The number of H-pyrrole nitrogens is 1. The van der Waals surface area contributed by atoms with E-state index in [1.54, 1.807) is 0 Å². The Kier molecular flexibility index (Phi) is 3.11. The highest BCUT2D eigenvalue weighted by atomic mass is 16.4. The molecule has 0 aliphatic rings. The highest BCUT2D eigenvalue weighted by Gasteiger charge is 2.26. The maximum Gasteiger partial charge on any atom is 0.314 e. The van der Waals surface area contributed by atoms with Crippen molar-refractivity contribution in [2.45, 2.75) is 33.6 Å². The molecular weight excluding hydrogens is 228 g/mol. The number of carboxylic acid groups (broad SMARTS) is 1. The molecule has 0 fully saturated rings. The summed E-state index contributed by atoms with van der Waals surface area (Å²) in [5.41, 5.74) is 4.08. The van der Waals surface area contributed by atoms with E-state index in [-0.39, 0.29) is 5.92 Å². The van der Waals surface area contributed by atoms with E-state index in [0.717, 1.165) is 16.6 Å². The number of hydrogen-bond acceptors (Lipinski definition) is 2. The molecule has 18 heavy (non-hydrogen) atoms. The molecule has 0 saturated heterocycles. The summed E-state index contributed by atoms with van der Waals surface area (Å²) in [6, 6.07) is 4.00. The van der Waals surface area contributed by atoms with Crippen LogP contribution in [0, 0.1) is 19.8 Å². The predicted octanol–water partition coefficient (Wildman–Crippen LogP) is 3.00. The third kappa shape index (κ3) is 2.10. The zero-order chi connectivity index (χ0) is 13.4. The fourth-order valence-corrected chi connectivity index (χ4v) is 2.15. The molecule has 0 amide bonds. The Balaban J connectivity index is 2.55. The molecule has 4 heteroatoms. The van der Waals surface area contributed by atoms with Gasteiger partial charge in [0, 0.05) is 0 Å². The summed E-state index contributed by atoms with van der Waals surface area (Å²) in [5, 5.41) is 9.27. The van der Waals surface area contributed by atoms with E-state index in [9.17, 15) is 9.90 Å². The molecule has 1 aromatic heterocycles. The lowest BCUT2D eigenvalue weighted by Crippen LogP contribution is -2.18. The number of nitrogens with zero attached hydrogens (tertiary/aromatic N) is 1. The maximum absolute atomic E-state index is 11.3. The lowest BCUT2D eigenvalue weighted by Gasteiger charge is -2.12. The highest BCUT2D eigenvalue weighted by molar-refractivity contribution is 5.80. The molecule has 0 aliphatic heterocycles. The number of aromatic amines is 1. The number of aromatic nitrogens is 2. The van der Waals surface area contributed by atoms with E-state index in [1.807, 2.05) is 39.8 Å². The van der Waals surface area contributed by atoms with Gasteiger partial charge in [-0.25, -0.2) is 4.98 Å². The van der Waals surface area contributed by atoms with E-state index < -0.39 is 11.9 Å². The number of rotatable bonds is 3. The molecular formula is C14H18N2O2. The molecule has 0 aliphatic carbocycles. The van der Waals surface area contributed by atoms with Crippen molar-refractivity contribution in [2.24, 2.45) is 5.92 Å². The summed E-state index contributed by atoms with van der Waals surface area (Å²) in [7, 11) is 0. The van der Waals surface area contributed by atoms with Crippen LogP contribution in [0.3, 0.4) is 0 Å². The number of fused-ring (bicyclic) bond motifs is 1. The van der Waals surface area contributed by atoms with Crippen LogP contribution >= 0.6 is 0 Å². The molecule has 1 atom stereocenters. The van der Waals surface area contributed by atoms with Gasteiger partial charge in [-0.2, -0.15) is 0 Å². The number of imidazole rings is 1. The van der Waals surface area contributed by atoms with Crippen molar-refractivity contribution >= 4 is 17.0 Å². The van der Waals surface area contributed by atoms with Gasteiger partial charge in [-0.15, -0.1) is 0 Å². The van der Waals surface area contributed by atoms with E-state index in [1.165, 1.54) is 5.56 Å². The summed E-state index contributed by atoms with van der Waals surface area (Å²) < 4.78 is 0. The van der Waals surface area contributed by atoms with Crippen LogP contribution in [-0.2, 0) is 4.79 Å². The van der Waals surface area contributed by atoms with Crippen molar-refractivity contribution < 1.29 is 9.90 Å². The summed E-state index contributed by atoms with van der Waals surface area (Å²) in [6.45, 7) is 7.84. The van der Waals surface area contributed by atoms with Crippen LogP contribution < -0.4 is 0 Å². The van der Waals surface area contributed by atoms with Gasteiger partial charge < -0.3 is 10.1 Å². The van der Waals surface area contributed by atoms with Crippen LogP contribution in [0.2, 0.25) is 0 Å². The minimum Gasteiger partial charge on any atom is -0.481 e. The summed E-state index contributed by atoms with van der Waals surface area (Å²) in [6.07, 6.45) is 0. The maximum atomic E-state index is 11.3. The van der Waals surface area contributed by atoms with E-state index in [0.29, 0.717) is 5.82 Å². The van der Waals surface area contributed by atoms with Crippen LogP contribution in [-0.4, -0.2) is 21.0 Å². The fraction of sp³-hybridized carbons (Fsp3) is 0.429. The van der Waals surface area contributed by atoms with Crippen molar-refractivity contribution in [1.82, 2.24) is 9.97 Å². The quantitative estimate of drug-likeness (QED) is 0.874. The number of nitrogens with one attached hydrogen (secondary N) is 1. The zero-order valence-corrected chi connectivity index (χ0v) is 11.1. The number of hydrogen-bond donors (Lipinski definition) is 2. The molecule has 96 valence electrons. The standard InChI is InChI=1S/C14H18N2O2/c1-7(2)12(14(17)18)13-15-10-5-8(3)9(4)6-11(10)16-13/h5-7,12H,1-4H3,(H,15,16)(H,17,18). The molecule has 1 unspecified atom stereocenters. The Bertz CT molecular complexity index is 560. The van der Waals surface area contributed by atoms with Gasteiger partial charge >= 0.3 is 5.97 Å². The Morgan fingerprint density at radius 1 is 1.28 bits per heavy atom. The van der Waals surface area contributed by atoms with Crippen molar-refractivity contribution in [1.29, 1.82) is 0 Å². The summed E-state index contributed by atoms with van der Waals surface area (Å²) in [4.78, 5) is 18.8.